The van der Waals surface area contributed by atoms with Gasteiger partial charge in [-0.05, 0) is 29.7 Å². The Morgan fingerprint density at radius 2 is 1.96 bits per heavy atom. The first kappa shape index (κ1) is 18.8. The van der Waals surface area contributed by atoms with E-state index in [0.717, 1.165) is 28.7 Å². The molecule has 0 saturated heterocycles. The Labute approximate surface area is 171 Å². The molecule has 0 aliphatic carbocycles. The van der Waals surface area contributed by atoms with Gasteiger partial charge >= 0.3 is 0 Å². The summed E-state index contributed by atoms with van der Waals surface area (Å²) < 4.78 is 6.10. The molecule has 144 valence electrons. The van der Waals surface area contributed by atoms with Crippen LogP contribution in [0.3, 0.4) is 0 Å². The SMILES string of the molecule is COc1ccccc1Nc1nnc(SCC(=O)N2CCc3ccccc3C2)s1. The fraction of sp³-hybridized carbons (Fsp3) is 0.250. The molecule has 1 aromatic heterocycles. The summed E-state index contributed by atoms with van der Waals surface area (Å²) in [7, 11) is 1.63. The summed E-state index contributed by atoms with van der Waals surface area (Å²) in [5, 5.41) is 12.2. The van der Waals surface area contributed by atoms with Crippen molar-refractivity contribution in [1.82, 2.24) is 15.1 Å². The number of amides is 1. The number of para-hydroxylation sites is 2. The van der Waals surface area contributed by atoms with Gasteiger partial charge in [-0.25, -0.2) is 0 Å². The van der Waals surface area contributed by atoms with Crippen molar-refractivity contribution >= 4 is 39.8 Å². The Morgan fingerprint density at radius 1 is 1.18 bits per heavy atom. The molecule has 0 spiro atoms. The highest BCUT2D eigenvalue weighted by molar-refractivity contribution is 8.01. The largest absolute Gasteiger partial charge is 0.495 e. The van der Waals surface area contributed by atoms with Gasteiger partial charge in [0.1, 0.15) is 5.75 Å². The molecular weight excluding hydrogens is 392 g/mol. The number of nitrogens with one attached hydrogen (secondary N) is 1. The minimum absolute atomic E-state index is 0.133. The van der Waals surface area contributed by atoms with Crippen LogP contribution in [0.5, 0.6) is 5.75 Å². The van der Waals surface area contributed by atoms with Gasteiger partial charge < -0.3 is 15.0 Å². The van der Waals surface area contributed by atoms with Crippen LogP contribution in [0, 0.1) is 0 Å². The maximum atomic E-state index is 12.6. The van der Waals surface area contributed by atoms with Gasteiger partial charge in [0.25, 0.3) is 0 Å². The van der Waals surface area contributed by atoms with Gasteiger partial charge in [-0.2, -0.15) is 0 Å². The van der Waals surface area contributed by atoms with E-state index in [4.69, 9.17) is 4.74 Å². The summed E-state index contributed by atoms with van der Waals surface area (Å²) >= 11 is 2.85. The summed E-state index contributed by atoms with van der Waals surface area (Å²) in [4.78, 5) is 14.5. The predicted molar refractivity (Wildman–Crippen MR) is 112 cm³/mol. The maximum absolute atomic E-state index is 12.6. The molecule has 8 heteroatoms. The molecule has 3 aromatic rings. The van der Waals surface area contributed by atoms with Crippen LogP contribution >= 0.6 is 23.1 Å². The maximum Gasteiger partial charge on any atom is 0.233 e. The van der Waals surface area contributed by atoms with Gasteiger partial charge in [0, 0.05) is 13.1 Å². The van der Waals surface area contributed by atoms with Crippen LogP contribution in [0.1, 0.15) is 11.1 Å². The molecule has 0 radical (unpaired) electrons. The molecule has 2 heterocycles. The number of carbonyl (C=O) groups is 1. The van der Waals surface area contributed by atoms with E-state index in [1.54, 1.807) is 7.11 Å². The monoisotopic (exact) mass is 412 g/mol. The number of methoxy groups -OCH3 is 1. The molecule has 0 bridgehead atoms. The Hall–Kier alpha value is -2.58. The summed E-state index contributed by atoms with van der Waals surface area (Å²) in [6.07, 6.45) is 0.915. The second-order valence-corrected chi connectivity index (χ2v) is 8.52. The Bertz CT molecular complexity index is 976. The number of ether oxygens (including phenoxy) is 1. The Kier molecular flexibility index (Phi) is 5.78. The number of anilines is 2. The van der Waals surface area contributed by atoms with Crippen molar-refractivity contribution in [2.24, 2.45) is 0 Å². The van der Waals surface area contributed by atoms with E-state index in [9.17, 15) is 4.79 Å². The van der Waals surface area contributed by atoms with Crippen molar-refractivity contribution in [3.63, 3.8) is 0 Å². The van der Waals surface area contributed by atoms with Crippen molar-refractivity contribution in [2.45, 2.75) is 17.3 Å². The number of benzene rings is 2. The Balaban J connectivity index is 1.33. The predicted octanol–water partition coefficient (Wildman–Crippen LogP) is 3.97. The van der Waals surface area contributed by atoms with Crippen LogP contribution in [0.15, 0.2) is 52.9 Å². The topological polar surface area (TPSA) is 67.3 Å². The lowest BCUT2D eigenvalue weighted by molar-refractivity contribution is -0.129. The normalized spacial score (nSPS) is 13.1. The summed E-state index contributed by atoms with van der Waals surface area (Å²) in [6.45, 7) is 1.46. The standard InChI is InChI=1S/C20H20N4O2S2/c1-26-17-9-5-4-8-16(17)21-19-22-23-20(28-19)27-13-18(25)24-11-10-14-6-2-3-7-15(14)12-24/h2-9H,10-13H2,1H3,(H,21,22). The zero-order chi connectivity index (χ0) is 19.3. The molecule has 0 unspecified atom stereocenters. The molecule has 1 aliphatic heterocycles. The molecule has 1 aliphatic rings. The molecule has 2 aromatic carbocycles. The summed E-state index contributed by atoms with van der Waals surface area (Å²) in [5.41, 5.74) is 3.42. The lowest BCUT2D eigenvalue weighted by atomic mass is 10.00. The molecule has 0 saturated carbocycles. The molecule has 0 atom stereocenters. The highest BCUT2D eigenvalue weighted by Gasteiger charge is 2.21. The van der Waals surface area contributed by atoms with Gasteiger partial charge in [-0.3, -0.25) is 4.79 Å². The lowest BCUT2D eigenvalue weighted by Gasteiger charge is -2.28. The lowest BCUT2D eigenvalue weighted by Crippen LogP contribution is -2.37. The van der Waals surface area contributed by atoms with E-state index >= 15 is 0 Å². The van der Waals surface area contributed by atoms with Gasteiger partial charge in [0.15, 0.2) is 4.34 Å². The first-order valence-corrected chi connectivity index (χ1v) is 10.7. The minimum atomic E-state index is 0.133. The molecule has 4 rings (SSSR count). The van der Waals surface area contributed by atoms with Crippen LogP contribution < -0.4 is 10.1 Å². The Morgan fingerprint density at radius 3 is 2.82 bits per heavy atom. The third kappa shape index (κ3) is 4.28. The van der Waals surface area contributed by atoms with Crippen molar-refractivity contribution in [3.05, 3.63) is 59.7 Å². The van der Waals surface area contributed by atoms with Crippen LogP contribution in [0.25, 0.3) is 0 Å². The van der Waals surface area contributed by atoms with E-state index in [1.807, 2.05) is 35.2 Å². The number of thioether (sulfide) groups is 1. The summed E-state index contributed by atoms with van der Waals surface area (Å²) in [6, 6.07) is 16.0. The number of hydrogen-bond donors (Lipinski definition) is 1. The van der Waals surface area contributed by atoms with Crippen molar-refractivity contribution in [2.75, 3.05) is 24.7 Å². The summed E-state index contributed by atoms with van der Waals surface area (Å²) in [5.74, 6) is 1.24. The minimum Gasteiger partial charge on any atom is -0.495 e. The average Bonchev–Trinajstić information content (AvgIpc) is 3.19. The second kappa shape index (κ2) is 8.62. The second-order valence-electron chi connectivity index (χ2n) is 6.32. The smallest absolute Gasteiger partial charge is 0.233 e. The van der Waals surface area contributed by atoms with Crippen molar-refractivity contribution in [3.8, 4) is 5.75 Å². The molecule has 1 amide bonds. The first-order valence-electron chi connectivity index (χ1n) is 8.94. The molecule has 0 fully saturated rings. The van der Waals surface area contributed by atoms with Gasteiger partial charge in [0.2, 0.25) is 11.0 Å². The fourth-order valence-electron chi connectivity index (χ4n) is 3.11. The zero-order valence-electron chi connectivity index (χ0n) is 15.4. The van der Waals surface area contributed by atoms with Gasteiger partial charge in [0.05, 0.1) is 18.6 Å². The first-order chi connectivity index (χ1) is 13.7. The third-order valence-electron chi connectivity index (χ3n) is 4.56. The van der Waals surface area contributed by atoms with E-state index in [-0.39, 0.29) is 5.91 Å². The van der Waals surface area contributed by atoms with E-state index in [0.29, 0.717) is 17.4 Å². The van der Waals surface area contributed by atoms with Crippen molar-refractivity contribution in [1.29, 1.82) is 0 Å². The molecule has 28 heavy (non-hydrogen) atoms. The van der Waals surface area contributed by atoms with Crippen LogP contribution in [0.4, 0.5) is 10.8 Å². The third-order valence-corrected chi connectivity index (χ3v) is 6.51. The van der Waals surface area contributed by atoms with Crippen LogP contribution in [-0.4, -0.2) is 40.4 Å². The number of nitrogens with zero attached hydrogens (tertiary/aromatic N) is 3. The van der Waals surface area contributed by atoms with E-state index in [1.165, 1.54) is 34.2 Å². The molecule has 1 N–H and O–H groups in total. The van der Waals surface area contributed by atoms with Gasteiger partial charge in [-0.1, -0.05) is 59.5 Å². The van der Waals surface area contributed by atoms with E-state index in [2.05, 4.69) is 33.7 Å². The number of fused-ring (bicyclic) bond motifs is 1. The van der Waals surface area contributed by atoms with Crippen LogP contribution in [-0.2, 0) is 17.8 Å². The van der Waals surface area contributed by atoms with Gasteiger partial charge in [-0.15, -0.1) is 10.2 Å². The van der Waals surface area contributed by atoms with E-state index < -0.39 is 0 Å². The highest BCUT2D eigenvalue weighted by Crippen LogP contribution is 2.31. The average molecular weight is 413 g/mol. The molecular formula is C20H20N4O2S2. The number of aromatic nitrogens is 2. The van der Waals surface area contributed by atoms with Crippen molar-refractivity contribution < 1.29 is 9.53 Å². The quantitative estimate of drug-likeness (QED) is 0.618. The zero-order valence-corrected chi connectivity index (χ0v) is 17.1. The highest BCUT2D eigenvalue weighted by atomic mass is 32.2. The molecule has 6 nitrogen and oxygen atoms in total. The number of hydrogen-bond acceptors (Lipinski definition) is 7. The number of carbonyl (C=O) groups excluding carboxylic acids is 1. The number of rotatable bonds is 6. The van der Waals surface area contributed by atoms with Crippen LogP contribution in [0.2, 0.25) is 0 Å². The fourth-order valence-corrected chi connectivity index (χ4v) is 4.77.